The summed E-state index contributed by atoms with van der Waals surface area (Å²) in [6.07, 6.45) is 3.83. The number of aromatic nitrogens is 5. The number of ether oxygens (including phenoxy) is 1. The number of rotatable bonds is 3. The third-order valence-corrected chi connectivity index (χ3v) is 4.19. The first-order valence-electron chi connectivity index (χ1n) is 8.05. The van der Waals surface area contributed by atoms with E-state index in [0.29, 0.717) is 6.61 Å². The molecule has 0 radical (unpaired) electrons. The van der Waals surface area contributed by atoms with Crippen molar-refractivity contribution in [3.63, 3.8) is 0 Å². The molecule has 1 saturated heterocycles. The van der Waals surface area contributed by atoms with Crippen LogP contribution in [0.3, 0.4) is 0 Å². The molecule has 1 atom stereocenters. The zero-order chi connectivity index (χ0) is 16.6. The lowest BCUT2D eigenvalue weighted by Gasteiger charge is -2.32. The molecule has 7 heteroatoms. The van der Waals surface area contributed by atoms with E-state index in [4.69, 9.17) is 4.74 Å². The van der Waals surface area contributed by atoms with E-state index in [0.717, 1.165) is 25.5 Å². The summed E-state index contributed by atoms with van der Waals surface area (Å²) < 4.78 is 9.73. The van der Waals surface area contributed by atoms with Crippen LogP contribution in [-0.4, -0.2) is 49.1 Å². The van der Waals surface area contributed by atoms with Crippen LogP contribution in [0.15, 0.2) is 12.5 Å². The summed E-state index contributed by atoms with van der Waals surface area (Å²) in [4.78, 5) is 2.41. The molecule has 23 heavy (non-hydrogen) atoms. The highest BCUT2D eigenvalue weighted by molar-refractivity contribution is 5.24. The van der Waals surface area contributed by atoms with E-state index in [2.05, 4.69) is 47.2 Å². The molecule has 0 saturated carbocycles. The molecule has 0 aliphatic carbocycles. The van der Waals surface area contributed by atoms with E-state index in [9.17, 15) is 0 Å². The minimum atomic E-state index is -0.0222. The third kappa shape index (κ3) is 3.45. The number of hydrogen-bond acceptors (Lipinski definition) is 5. The Morgan fingerprint density at radius 2 is 2.09 bits per heavy atom. The maximum Gasteiger partial charge on any atom is 0.163 e. The molecule has 0 bridgehead atoms. The van der Waals surface area contributed by atoms with Crippen molar-refractivity contribution in [3.05, 3.63) is 29.6 Å². The zero-order valence-corrected chi connectivity index (χ0v) is 14.7. The first kappa shape index (κ1) is 16.1. The number of morpholine rings is 1. The summed E-state index contributed by atoms with van der Waals surface area (Å²) in [5, 5.41) is 12.8. The maximum absolute atomic E-state index is 5.89. The van der Waals surface area contributed by atoms with Crippen molar-refractivity contribution < 1.29 is 4.74 Å². The summed E-state index contributed by atoms with van der Waals surface area (Å²) in [6.45, 7) is 9.97. The first-order valence-corrected chi connectivity index (χ1v) is 8.05. The van der Waals surface area contributed by atoms with Crippen LogP contribution in [0, 0.1) is 0 Å². The third-order valence-electron chi connectivity index (χ3n) is 4.19. The summed E-state index contributed by atoms with van der Waals surface area (Å²) in [5.41, 5.74) is 2.51. The van der Waals surface area contributed by atoms with E-state index < -0.39 is 0 Å². The van der Waals surface area contributed by atoms with Gasteiger partial charge >= 0.3 is 0 Å². The Morgan fingerprint density at radius 1 is 1.30 bits per heavy atom. The van der Waals surface area contributed by atoms with Gasteiger partial charge in [-0.2, -0.15) is 5.10 Å². The molecule has 3 rings (SSSR count). The molecule has 0 amide bonds. The Kier molecular flexibility index (Phi) is 4.25. The first-order chi connectivity index (χ1) is 10.8. The van der Waals surface area contributed by atoms with Crippen molar-refractivity contribution in [3.8, 4) is 0 Å². The van der Waals surface area contributed by atoms with Crippen LogP contribution < -0.4 is 0 Å². The minimum absolute atomic E-state index is 0.0222. The molecule has 1 fully saturated rings. The molecular weight excluding hydrogens is 292 g/mol. The van der Waals surface area contributed by atoms with Gasteiger partial charge in [-0.25, -0.2) is 0 Å². The molecule has 2 aromatic heterocycles. The highest BCUT2D eigenvalue weighted by atomic mass is 16.5. The molecule has 0 aromatic carbocycles. The topological polar surface area (TPSA) is 61.0 Å². The second-order valence-corrected chi connectivity index (χ2v) is 7.32. The van der Waals surface area contributed by atoms with Gasteiger partial charge in [-0.1, -0.05) is 20.8 Å². The summed E-state index contributed by atoms with van der Waals surface area (Å²) in [6, 6.07) is 0. The molecule has 0 unspecified atom stereocenters. The predicted molar refractivity (Wildman–Crippen MR) is 86.9 cm³/mol. The van der Waals surface area contributed by atoms with Gasteiger partial charge in [0.1, 0.15) is 12.4 Å². The Hall–Kier alpha value is -1.73. The van der Waals surface area contributed by atoms with Gasteiger partial charge in [0, 0.05) is 50.9 Å². The lowest BCUT2D eigenvalue weighted by molar-refractivity contribution is -0.0386. The van der Waals surface area contributed by atoms with Gasteiger partial charge < -0.3 is 9.30 Å². The van der Waals surface area contributed by atoms with Gasteiger partial charge in [-0.15, -0.1) is 10.2 Å². The van der Waals surface area contributed by atoms with Gasteiger partial charge in [0.05, 0.1) is 12.3 Å². The highest BCUT2D eigenvalue weighted by Gasteiger charge is 2.28. The van der Waals surface area contributed by atoms with E-state index in [-0.39, 0.29) is 11.5 Å². The highest BCUT2D eigenvalue weighted by Crippen LogP contribution is 2.27. The van der Waals surface area contributed by atoms with Crippen LogP contribution in [0.2, 0.25) is 0 Å². The van der Waals surface area contributed by atoms with Crippen molar-refractivity contribution >= 4 is 0 Å². The second-order valence-electron chi connectivity index (χ2n) is 7.32. The van der Waals surface area contributed by atoms with Crippen molar-refractivity contribution in [2.24, 2.45) is 14.1 Å². The zero-order valence-electron chi connectivity index (χ0n) is 14.7. The van der Waals surface area contributed by atoms with E-state index in [1.165, 1.54) is 11.3 Å². The molecule has 1 aliphatic heterocycles. The van der Waals surface area contributed by atoms with Crippen LogP contribution in [-0.2, 0) is 30.8 Å². The Balaban J connectivity index is 1.75. The SMILES string of the molecule is Cn1cc(CN2CCO[C@H](c3nncn3C)C2)c(C(C)(C)C)n1. The van der Waals surface area contributed by atoms with Gasteiger partial charge in [-0.3, -0.25) is 9.58 Å². The quantitative estimate of drug-likeness (QED) is 0.856. The van der Waals surface area contributed by atoms with Crippen LogP contribution in [0.1, 0.15) is 44.0 Å². The van der Waals surface area contributed by atoms with Gasteiger partial charge in [0.2, 0.25) is 0 Å². The monoisotopic (exact) mass is 318 g/mol. The number of nitrogens with zero attached hydrogens (tertiary/aromatic N) is 6. The van der Waals surface area contributed by atoms with Gasteiger partial charge in [-0.05, 0) is 0 Å². The molecule has 2 aromatic rings. The Morgan fingerprint density at radius 3 is 2.74 bits per heavy atom. The molecule has 0 spiro atoms. The Labute approximate surface area is 137 Å². The van der Waals surface area contributed by atoms with Crippen molar-refractivity contribution in [1.29, 1.82) is 0 Å². The average molecular weight is 318 g/mol. The Bertz CT molecular complexity index is 668. The molecule has 1 aliphatic rings. The van der Waals surface area contributed by atoms with Crippen molar-refractivity contribution in [2.45, 2.75) is 38.8 Å². The smallest absolute Gasteiger partial charge is 0.163 e. The summed E-state index contributed by atoms with van der Waals surface area (Å²) in [5.74, 6) is 0.886. The van der Waals surface area contributed by atoms with Gasteiger partial charge in [0.15, 0.2) is 5.82 Å². The van der Waals surface area contributed by atoms with Crippen LogP contribution in [0.25, 0.3) is 0 Å². The van der Waals surface area contributed by atoms with Gasteiger partial charge in [0.25, 0.3) is 0 Å². The van der Waals surface area contributed by atoms with E-state index in [1.807, 2.05) is 23.3 Å². The number of hydrogen-bond donors (Lipinski definition) is 0. The fourth-order valence-corrected chi connectivity index (χ4v) is 3.11. The van der Waals surface area contributed by atoms with Crippen LogP contribution >= 0.6 is 0 Å². The normalized spacial score (nSPS) is 20.1. The molecular formula is C16H26N6O. The summed E-state index contributed by atoms with van der Waals surface area (Å²) in [7, 11) is 3.94. The minimum Gasteiger partial charge on any atom is -0.368 e. The van der Waals surface area contributed by atoms with Crippen molar-refractivity contribution in [1.82, 2.24) is 29.4 Å². The molecule has 0 N–H and O–H groups in total. The summed E-state index contributed by atoms with van der Waals surface area (Å²) >= 11 is 0. The average Bonchev–Trinajstić information content (AvgIpc) is 3.05. The predicted octanol–water partition coefficient (Wildman–Crippen LogP) is 1.42. The number of aryl methyl sites for hydroxylation is 2. The van der Waals surface area contributed by atoms with Crippen molar-refractivity contribution in [2.75, 3.05) is 19.7 Å². The largest absolute Gasteiger partial charge is 0.368 e. The lowest BCUT2D eigenvalue weighted by Crippen LogP contribution is -2.39. The molecule has 126 valence electrons. The molecule has 3 heterocycles. The molecule has 7 nitrogen and oxygen atoms in total. The fraction of sp³-hybridized carbons (Fsp3) is 0.688. The van der Waals surface area contributed by atoms with E-state index in [1.54, 1.807) is 6.33 Å². The van der Waals surface area contributed by atoms with Crippen LogP contribution in [0.5, 0.6) is 0 Å². The van der Waals surface area contributed by atoms with Crippen LogP contribution in [0.4, 0.5) is 0 Å². The second kappa shape index (κ2) is 6.05. The maximum atomic E-state index is 5.89. The van der Waals surface area contributed by atoms with E-state index >= 15 is 0 Å². The standard InChI is InChI=1S/C16H26N6O/c1-16(2,3)14-12(8-21(5)19-14)9-22-6-7-23-13(10-22)15-18-17-11-20(15)4/h8,11,13H,6-7,9-10H2,1-5H3/t13-/m0/s1. The fourth-order valence-electron chi connectivity index (χ4n) is 3.11. The lowest BCUT2D eigenvalue weighted by atomic mass is 9.89.